The Morgan fingerprint density at radius 2 is 2.24 bits per heavy atom. The molecule has 0 spiro atoms. The van der Waals surface area contributed by atoms with Crippen LogP contribution in [0.4, 0.5) is 0 Å². The highest BCUT2D eigenvalue weighted by Crippen LogP contribution is 2.05. The van der Waals surface area contributed by atoms with E-state index < -0.39 is 18.1 Å². The SMILES string of the molecule is C=C[Si](C)(C)O[SiH2]CCCNC(=O)C(C)CC. The van der Waals surface area contributed by atoms with Crippen molar-refractivity contribution in [3.8, 4) is 0 Å². The van der Waals surface area contributed by atoms with E-state index in [-0.39, 0.29) is 11.8 Å². The van der Waals surface area contributed by atoms with Gasteiger partial charge in [0.2, 0.25) is 5.91 Å². The van der Waals surface area contributed by atoms with Gasteiger partial charge in [0.25, 0.3) is 0 Å². The third-order valence-corrected chi connectivity index (χ3v) is 8.46. The van der Waals surface area contributed by atoms with Crippen LogP contribution in [0.2, 0.25) is 19.1 Å². The van der Waals surface area contributed by atoms with Gasteiger partial charge >= 0.3 is 0 Å². The smallest absolute Gasteiger partial charge is 0.222 e. The van der Waals surface area contributed by atoms with E-state index in [0.29, 0.717) is 0 Å². The summed E-state index contributed by atoms with van der Waals surface area (Å²) in [6.07, 6.45) is 1.94. The standard InChI is InChI=1S/C12H27NO2Si2/c1-6-11(3)12(14)13-9-8-10-16-15-17(4,5)7-2/h7,11H,2,6,8-10,16H2,1,3-5H3,(H,13,14). The van der Waals surface area contributed by atoms with Gasteiger partial charge in [0, 0.05) is 12.5 Å². The first-order chi connectivity index (χ1) is 7.93. The lowest BCUT2D eigenvalue weighted by Gasteiger charge is -2.18. The lowest BCUT2D eigenvalue weighted by atomic mass is 10.1. The molecule has 1 amide bonds. The van der Waals surface area contributed by atoms with Crippen LogP contribution in [0.25, 0.3) is 0 Å². The van der Waals surface area contributed by atoms with E-state index in [4.69, 9.17) is 4.12 Å². The maximum absolute atomic E-state index is 11.5. The van der Waals surface area contributed by atoms with Gasteiger partial charge in [-0.1, -0.05) is 19.5 Å². The molecule has 100 valence electrons. The van der Waals surface area contributed by atoms with Crippen LogP contribution in [0.15, 0.2) is 12.3 Å². The summed E-state index contributed by atoms with van der Waals surface area (Å²) < 4.78 is 5.90. The summed E-state index contributed by atoms with van der Waals surface area (Å²) in [5, 5.41) is 2.96. The van der Waals surface area contributed by atoms with Crippen molar-refractivity contribution in [3.05, 3.63) is 12.3 Å². The van der Waals surface area contributed by atoms with Gasteiger partial charge in [-0.15, -0.1) is 6.58 Å². The zero-order chi connectivity index (χ0) is 13.3. The largest absolute Gasteiger partial charge is 0.458 e. The summed E-state index contributed by atoms with van der Waals surface area (Å²) in [4.78, 5) is 11.5. The van der Waals surface area contributed by atoms with Crippen molar-refractivity contribution in [3.63, 3.8) is 0 Å². The monoisotopic (exact) mass is 273 g/mol. The number of hydrogen-bond acceptors (Lipinski definition) is 2. The van der Waals surface area contributed by atoms with Crippen LogP contribution < -0.4 is 5.32 Å². The quantitative estimate of drug-likeness (QED) is 0.515. The molecule has 0 aromatic rings. The summed E-state index contributed by atoms with van der Waals surface area (Å²) >= 11 is 0. The second kappa shape index (κ2) is 8.66. The topological polar surface area (TPSA) is 38.3 Å². The van der Waals surface area contributed by atoms with Crippen LogP contribution in [0, 0.1) is 5.92 Å². The Bertz CT molecular complexity index is 245. The molecule has 0 bridgehead atoms. The molecule has 1 N–H and O–H groups in total. The molecule has 0 aromatic carbocycles. The zero-order valence-electron chi connectivity index (χ0n) is 11.7. The van der Waals surface area contributed by atoms with Crippen LogP contribution in [0.5, 0.6) is 0 Å². The molecule has 0 aliphatic rings. The van der Waals surface area contributed by atoms with E-state index in [1.54, 1.807) is 0 Å². The molecule has 0 heterocycles. The Balaban J connectivity index is 3.47. The lowest BCUT2D eigenvalue weighted by Crippen LogP contribution is -2.31. The predicted molar refractivity (Wildman–Crippen MR) is 79.2 cm³/mol. The number of amides is 1. The molecular weight excluding hydrogens is 246 g/mol. The first kappa shape index (κ1) is 16.6. The fourth-order valence-corrected chi connectivity index (χ4v) is 4.80. The number of hydrogen-bond donors (Lipinski definition) is 1. The predicted octanol–water partition coefficient (Wildman–Crippen LogP) is 1.99. The van der Waals surface area contributed by atoms with Gasteiger partial charge in [0.15, 0.2) is 8.32 Å². The van der Waals surface area contributed by atoms with Crippen LogP contribution >= 0.6 is 0 Å². The summed E-state index contributed by atoms with van der Waals surface area (Å²) in [5.74, 6) is 0.312. The minimum atomic E-state index is -1.54. The highest BCUT2D eigenvalue weighted by Gasteiger charge is 2.16. The Labute approximate surface area is 109 Å². The van der Waals surface area contributed by atoms with Crippen molar-refractivity contribution in [2.75, 3.05) is 6.54 Å². The molecule has 0 rings (SSSR count). The van der Waals surface area contributed by atoms with Crippen molar-refractivity contribution in [1.82, 2.24) is 5.32 Å². The molecule has 0 saturated carbocycles. The van der Waals surface area contributed by atoms with Gasteiger partial charge in [0.05, 0.1) is 0 Å². The molecule has 0 aliphatic heterocycles. The molecule has 0 fully saturated rings. The Morgan fingerprint density at radius 1 is 1.59 bits per heavy atom. The molecule has 17 heavy (non-hydrogen) atoms. The van der Waals surface area contributed by atoms with Crippen molar-refractivity contribution in [2.24, 2.45) is 5.92 Å². The third kappa shape index (κ3) is 8.34. The van der Waals surface area contributed by atoms with Gasteiger partial charge < -0.3 is 9.43 Å². The van der Waals surface area contributed by atoms with Crippen LogP contribution in [0.3, 0.4) is 0 Å². The van der Waals surface area contributed by atoms with Crippen LogP contribution in [0.1, 0.15) is 26.7 Å². The lowest BCUT2D eigenvalue weighted by molar-refractivity contribution is -0.124. The maximum Gasteiger partial charge on any atom is 0.222 e. The summed E-state index contributed by atoms with van der Waals surface area (Å²) in [6.45, 7) is 12.9. The van der Waals surface area contributed by atoms with Gasteiger partial charge in [-0.05, 0) is 32.0 Å². The molecule has 0 aliphatic carbocycles. The minimum absolute atomic E-state index is 0.135. The van der Waals surface area contributed by atoms with Crippen molar-refractivity contribution < 1.29 is 8.91 Å². The summed E-state index contributed by atoms with van der Waals surface area (Å²) in [7, 11) is -1.98. The maximum atomic E-state index is 11.5. The third-order valence-electron chi connectivity index (χ3n) is 2.90. The molecule has 0 aromatic heterocycles. The molecule has 0 saturated heterocycles. The van der Waals surface area contributed by atoms with Crippen molar-refractivity contribution in [2.45, 2.75) is 45.8 Å². The minimum Gasteiger partial charge on any atom is -0.458 e. The van der Waals surface area contributed by atoms with Gasteiger partial charge in [-0.3, -0.25) is 4.79 Å². The zero-order valence-corrected chi connectivity index (χ0v) is 14.1. The van der Waals surface area contributed by atoms with E-state index in [1.165, 1.54) is 0 Å². The molecule has 0 radical (unpaired) electrons. The second-order valence-corrected chi connectivity index (χ2v) is 10.8. The van der Waals surface area contributed by atoms with E-state index in [0.717, 1.165) is 25.4 Å². The highest BCUT2D eigenvalue weighted by atomic mass is 28.4. The van der Waals surface area contributed by atoms with E-state index in [2.05, 4.69) is 25.0 Å². The molecule has 5 heteroatoms. The first-order valence-electron chi connectivity index (χ1n) is 6.48. The Hall–Kier alpha value is -0.396. The van der Waals surface area contributed by atoms with E-state index in [1.807, 2.05) is 19.5 Å². The van der Waals surface area contributed by atoms with Crippen LogP contribution in [-0.2, 0) is 8.91 Å². The normalized spacial score (nSPS) is 13.9. The fraction of sp³-hybridized carbons (Fsp3) is 0.750. The van der Waals surface area contributed by atoms with Crippen molar-refractivity contribution in [1.29, 1.82) is 0 Å². The number of carbonyl (C=O) groups excluding carboxylic acids is 1. The average Bonchev–Trinajstić information content (AvgIpc) is 2.32. The Morgan fingerprint density at radius 3 is 2.76 bits per heavy atom. The number of nitrogens with one attached hydrogen (secondary N) is 1. The number of carbonyl (C=O) groups is 1. The molecule has 1 unspecified atom stereocenters. The Kier molecular flexibility index (Phi) is 8.46. The first-order valence-corrected chi connectivity index (χ1v) is 11.0. The summed E-state index contributed by atoms with van der Waals surface area (Å²) in [6, 6.07) is 1.13. The van der Waals surface area contributed by atoms with Crippen LogP contribution in [-0.4, -0.2) is 30.5 Å². The molecular formula is C12H27NO2Si2. The molecule has 3 nitrogen and oxygen atoms in total. The summed E-state index contributed by atoms with van der Waals surface area (Å²) in [5.41, 5.74) is 1.98. The average molecular weight is 274 g/mol. The van der Waals surface area contributed by atoms with E-state index >= 15 is 0 Å². The highest BCUT2D eigenvalue weighted by molar-refractivity contribution is 6.79. The fourth-order valence-electron chi connectivity index (χ4n) is 1.19. The molecule has 1 atom stereocenters. The van der Waals surface area contributed by atoms with Crippen molar-refractivity contribution >= 4 is 24.0 Å². The number of rotatable bonds is 9. The van der Waals surface area contributed by atoms with E-state index in [9.17, 15) is 4.79 Å². The van der Waals surface area contributed by atoms with Gasteiger partial charge in [-0.25, -0.2) is 0 Å². The van der Waals surface area contributed by atoms with Gasteiger partial charge in [-0.2, -0.15) is 0 Å². The van der Waals surface area contributed by atoms with Gasteiger partial charge in [0.1, 0.15) is 9.76 Å². The second-order valence-electron chi connectivity index (χ2n) is 4.96.